The first-order valence-electron chi connectivity index (χ1n) is 7.07. The van der Waals surface area contributed by atoms with Crippen LogP contribution in [0.5, 0.6) is 0 Å². The van der Waals surface area contributed by atoms with Crippen LogP contribution >= 0.6 is 0 Å². The average molecular weight is 298 g/mol. The van der Waals surface area contributed by atoms with Crippen molar-refractivity contribution in [3.63, 3.8) is 0 Å². The molecule has 0 unspecified atom stereocenters. The highest BCUT2D eigenvalue weighted by Gasteiger charge is 2.07. The van der Waals surface area contributed by atoms with E-state index >= 15 is 0 Å². The quantitative estimate of drug-likeness (QED) is 0.449. The summed E-state index contributed by atoms with van der Waals surface area (Å²) in [7, 11) is 0. The second-order valence-corrected chi connectivity index (χ2v) is 4.12. The minimum absolute atomic E-state index is 0.0711. The SMILES string of the molecule is CC/C=C\CC/C(=C/C(=O)O)C(=O)O.CC/C=C\CCO. The van der Waals surface area contributed by atoms with Crippen molar-refractivity contribution < 1.29 is 24.9 Å². The molecule has 5 nitrogen and oxygen atoms in total. The minimum atomic E-state index is -1.22. The normalized spacial score (nSPS) is 11.5. The lowest BCUT2D eigenvalue weighted by Gasteiger charge is -1.97. The lowest BCUT2D eigenvalue weighted by Crippen LogP contribution is -2.03. The highest BCUT2D eigenvalue weighted by molar-refractivity contribution is 5.94. The molecule has 0 aliphatic carbocycles. The molecule has 120 valence electrons. The van der Waals surface area contributed by atoms with Crippen molar-refractivity contribution in [2.75, 3.05) is 6.61 Å². The maximum atomic E-state index is 10.5. The van der Waals surface area contributed by atoms with Crippen LogP contribution in [0.1, 0.15) is 46.0 Å². The Labute approximate surface area is 126 Å². The minimum Gasteiger partial charge on any atom is -0.478 e. The van der Waals surface area contributed by atoms with E-state index in [1.165, 1.54) is 0 Å². The smallest absolute Gasteiger partial charge is 0.331 e. The van der Waals surface area contributed by atoms with E-state index < -0.39 is 11.9 Å². The zero-order valence-electron chi connectivity index (χ0n) is 12.8. The van der Waals surface area contributed by atoms with Gasteiger partial charge in [0, 0.05) is 18.3 Å². The molecule has 0 aromatic rings. The molecule has 0 radical (unpaired) electrons. The van der Waals surface area contributed by atoms with Crippen molar-refractivity contribution in [2.24, 2.45) is 0 Å². The maximum absolute atomic E-state index is 10.5. The molecule has 0 bridgehead atoms. The Morgan fingerprint density at radius 3 is 1.81 bits per heavy atom. The van der Waals surface area contributed by atoms with Crippen molar-refractivity contribution in [1.29, 1.82) is 0 Å². The van der Waals surface area contributed by atoms with Gasteiger partial charge in [-0.15, -0.1) is 0 Å². The van der Waals surface area contributed by atoms with Gasteiger partial charge in [-0.25, -0.2) is 9.59 Å². The van der Waals surface area contributed by atoms with Gasteiger partial charge in [-0.2, -0.15) is 0 Å². The lowest BCUT2D eigenvalue weighted by molar-refractivity contribution is -0.135. The number of aliphatic carboxylic acids is 2. The second kappa shape index (κ2) is 16.2. The third kappa shape index (κ3) is 18.1. The summed E-state index contributed by atoms with van der Waals surface area (Å²) < 4.78 is 0. The summed E-state index contributed by atoms with van der Waals surface area (Å²) >= 11 is 0. The Hall–Kier alpha value is -1.88. The summed E-state index contributed by atoms with van der Waals surface area (Å²) in [5.74, 6) is -2.39. The first kappa shape index (κ1) is 21.4. The fourth-order valence-corrected chi connectivity index (χ4v) is 1.27. The molecule has 3 N–H and O–H groups in total. The predicted molar refractivity (Wildman–Crippen MR) is 83.2 cm³/mol. The number of carbonyl (C=O) groups is 2. The second-order valence-electron chi connectivity index (χ2n) is 4.12. The third-order valence-corrected chi connectivity index (χ3v) is 2.25. The summed E-state index contributed by atoms with van der Waals surface area (Å²) in [4.78, 5) is 20.8. The molecule has 0 amide bonds. The molecule has 0 saturated heterocycles. The Morgan fingerprint density at radius 2 is 1.43 bits per heavy atom. The van der Waals surface area contributed by atoms with E-state index in [4.69, 9.17) is 15.3 Å². The molecule has 0 aromatic heterocycles. The fourth-order valence-electron chi connectivity index (χ4n) is 1.27. The standard InChI is InChI=1S/C10H14O4.C6H12O/c1-2-3-4-5-6-8(10(13)14)7-9(11)12;1-2-3-4-5-6-7/h3-4,7H,2,5-6H2,1H3,(H,11,12)(H,13,14);3-4,7H,2,5-6H2,1H3/b4-3-,8-7-;4-3-. The fraction of sp³-hybridized carbons (Fsp3) is 0.500. The number of aliphatic hydroxyl groups is 1. The molecule has 0 atom stereocenters. The molecule has 0 saturated carbocycles. The number of carboxylic acids is 2. The van der Waals surface area contributed by atoms with Crippen LogP contribution in [0.2, 0.25) is 0 Å². The number of aliphatic hydroxyl groups excluding tert-OH is 1. The summed E-state index contributed by atoms with van der Waals surface area (Å²) in [6.07, 6.45) is 12.1. The van der Waals surface area contributed by atoms with Gasteiger partial charge >= 0.3 is 11.9 Å². The summed E-state index contributed by atoms with van der Waals surface area (Å²) in [6.45, 7) is 4.33. The Balaban J connectivity index is 0. The van der Waals surface area contributed by atoms with Crippen molar-refractivity contribution >= 4 is 11.9 Å². The number of allylic oxidation sites excluding steroid dienone is 3. The zero-order chi connectivity index (χ0) is 16.5. The molecular weight excluding hydrogens is 272 g/mol. The first-order valence-corrected chi connectivity index (χ1v) is 7.07. The first-order chi connectivity index (χ1) is 9.99. The van der Waals surface area contributed by atoms with E-state index in [1.54, 1.807) is 0 Å². The molecule has 0 spiro atoms. The molecule has 0 heterocycles. The average Bonchev–Trinajstić information content (AvgIpc) is 2.43. The molecule has 21 heavy (non-hydrogen) atoms. The van der Waals surface area contributed by atoms with Gasteiger partial charge in [0.05, 0.1) is 0 Å². The van der Waals surface area contributed by atoms with Crippen LogP contribution in [-0.2, 0) is 9.59 Å². The summed E-state index contributed by atoms with van der Waals surface area (Å²) in [6, 6.07) is 0. The van der Waals surface area contributed by atoms with Crippen LogP contribution in [0.4, 0.5) is 0 Å². The highest BCUT2D eigenvalue weighted by atomic mass is 16.4. The molecule has 0 aromatic carbocycles. The number of hydrogen-bond donors (Lipinski definition) is 3. The van der Waals surface area contributed by atoms with Crippen molar-refractivity contribution in [2.45, 2.75) is 46.0 Å². The van der Waals surface area contributed by atoms with Crippen molar-refractivity contribution in [3.05, 3.63) is 36.0 Å². The van der Waals surface area contributed by atoms with Crippen LogP contribution in [0.3, 0.4) is 0 Å². The molecule has 0 aliphatic heterocycles. The van der Waals surface area contributed by atoms with Gasteiger partial charge in [-0.05, 0) is 32.1 Å². The predicted octanol–water partition coefficient (Wildman–Crippen LogP) is 3.16. The molecule has 0 rings (SSSR count). The van der Waals surface area contributed by atoms with Crippen LogP contribution in [0.25, 0.3) is 0 Å². The lowest BCUT2D eigenvalue weighted by atomic mass is 10.1. The van der Waals surface area contributed by atoms with Gasteiger partial charge < -0.3 is 15.3 Å². The van der Waals surface area contributed by atoms with Gasteiger partial charge in [0.25, 0.3) is 0 Å². The van der Waals surface area contributed by atoms with E-state index in [-0.39, 0.29) is 18.6 Å². The van der Waals surface area contributed by atoms with Gasteiger partial charge in [0.2, 0.25) is 0 Å². The van der Waals surface area contributed by atoms with E-state index in [1.807, 2.05) is 25.2 Å². The van der Waals surface area contributed by atoms with E-state index in [0.717, 1.165) is 25.3 Å². The van der Waals surface area contributed by atoms with Gasteiger partial charge in [0.15, 0.2) is 0 Å². The largest absolute Gasteiger partial charge is 0.478 e. The monoisotopic (exact) mass is 298 g/mol. The zero-order valence-corrected chi connectivity index (χ0v) is 12.8. The van der Waals surface area contributed by atoms with Crippen LogP contribution in [-0.4, -0.2) is 33.9 Å². The van der Waals surface area contributed by atoms with Crippen LogP contribution in [0.15, 0.2) is 36.0 Å². The van der Waals surface area contributed by atoms with Crippen molar-refractivity contribution in [1.82, 2.24) is 0 Å². The highest BCUT2D eigenvalue weighted by Crippen LogP contribution is 2.06. The van der Waals surface area contributed by atoms with Crippen molar-refractivity contribution in [3.8, 4) is 0 Å². The maximum Gasteiger partial charge on any atom is 0.331 e. The van der Waals surface area contributed by atoms with Gasteiger partial charge in [-0.3, -0.25) is 0 Å². The van der Waals surface area contributed by atoms with Gasteiger partial charge in [0.1, 0.15) is 0 Å². The van der Waals surface area contributed by atoms with E-state index in [9.17, 15) is 9.59 Å². The number of hydrogen-bond acceptors (Lipinski definition) is 3. The van der Waals surface area contributed by atoms with Crippen LogP contribution in [0, 0.1) is 0 Å². The van der Waals surface area contributed by atoms with E-state index in [0.29, 0.717) is 6.42 Å². The summed E-state index contributed by atoms with van der Waals surface area (Å²) in [5.41, 5.74) is -0.0711. The Morgan fingerprint density at radius 1 is 0.905 bits per heavy atom. The molecule has 5 heteroatoms. The molecule has 0 aliphatic rings. The number of carboxylic acid groups (broad SMARTS) is 2. The molecular formula is C16H26O5. The van der Waals surface area contributed by atoms with Gasteiger partial charge in [-0.1, -0.05) is 38.2 Å². The topological polar surface area (TPSA) is 94.8 Å². The Kier molecular flexibility index (Phi) is 16.5. The summed E-state index contributed by atoms with van der Waals surface area (Å²) in [5, 5.41) is 25.2. The molecule has 0 fully saturated rings. The van der Waals surface area contributed by atoms with E-state index in [2.05, 4.69) is 13.0 Å². The van der Waals surface area contributed by atoms with Crippen LogP contribution < -0.4 is 0 Å². The third-order valence-electron chi connectivity index (χ3n) is 2.25. The number of rotatable bonds is 9. The Bertz CT molecular complexity index is 367.